The fourth-order valence-corrected chi connectivity index (χ4v) is 1.71. The second kappa shape index (κ2) is 5.60. The monoisotopic (exact) mass is 287 g/mol. The zero-order chi connectivity index (χ0) is 12.1. The first-order valence-corrected chi connectivity index (χ1v) is 5.64. The summed E-state index contributed by atoms with van der Waals surface area (Å²) in [4.78, 5) is 20.8. The zero-order valence-corrected chi connectivity index (χ0v) is 10.1. The molecule has 0 amide bonds. The van der Waals surface area contributed by atoms with Gasteiger partial charge in [-0.05, 0) is 17.7 Å². The Bertz CT molecular complexity index is 390. The van der Waals surface area contributed by atoms with Gasteiger partial charge in [0.25, 0.3) is 5.69 Å². The summed E-state index contributed by atoms with van der Waals surface area (Å²) in [6.45, 7) is 1.32. The molecular formula is C10H10BrNO4. The number of carbonyl (C=O) groups excluding carboxylic acids is 1. The molecule has 0 N–H and O–H groups in total. The average molecular weight is 288 g/mol. The van der Waals surface area contributed by atoms with E-state index in [2.05, 4.69) is 15.9 Å². The van der Waals surface area contributed by atoms with Crippen LogP contribution in [0, 0.1) is 10.1 Å². The SMILES string of the molecule is CC(=O)O[C@@H](CBr)c1ccc([N+](=O)[O-])cc1. The van der Waals surface area contributed by atoms with Gasteiger partial charge in [0, 0.05) is 24.4 Å². The molecule has 0 aliphatic carbocycles. The summed E-state index contributed by atoms with van der Waals surface area (Å²) < 4.78 is 5.03. The Morgan fingerprint density at radius 3 is 2.44 bits per heavy atom. The minimum Gasteiger partial charge on any atom is -0.457 e. The van der Waals surface area contributed by atoms with Gasteiger partial charge in [0.05, 0.1) is 4.92 Å². The highest BCUT2D eigenvalue weighted by Gasteiger charge is 2.14. The van der Waals surface area contributed by atoms with Crippen molar-refractivity contribution >= 4 is 27.6 Å². The maximum atomic E-state index is 10.8. The van der Waals surface area contributed by atoms with Crippen LogP contribution in [0.5, 0.6) is 0 Å². The number of rotatable bonds is 4. The zero-order valence-electron chi connectivity index (χ0n) is 8.55. The number of nitro groups is 1. The Morgan fingerprint density at radius 1 is 1.50 bits per heavy atom. The smallest absolute Gasteiger partial charge is 0.303 e. The minimum absolute atomic E-state index is 0.0138. The van der Waals surface area contributed by atoms with E-state index in [1.807, 2.05) is 0 Å². The fourth-order valence-electron chi connectivity index (χ4n) is 1.20. The van der Waals surface area contributed by atoms with Gasteiger partial charge in [-0.15, -0.1) is 0 Å². The highest BCUT2D eigenvalue weighted by molar-refractivity contribution is 9.09. The number of nitro benzene ring substituents is 1. The molecule has 1 atom stereocenters. The van der Waals surface area contributed by atoms with Crippen LogP contribution in [-0.2, 0) is 9.53 Å². The van der Waals surface area contributed by atoms with Crippen molar-refractivity contribution in [1.29, 1.82) is 0 Å². The van der Waals surface area contributed by atoms with E-state index in [1.165, 1.54) is 19.1 Å². The summed E-state index contributed by atoms with van der Waals surface area (Å²) >= 11 is 3.22. The summed E-state index contributed by atoms with van der Waals surface area (Å²) in [6, 6.07) is 5.92. The fraction of sp³-hybridized carbons (Fsp3) is 0.300. The molecule has 5 nitrogen and oxygen atoms in total. The van der Waals surface area contributed by atoms with E-state index in [9.17, 15) is 14.9 Å². The van der Waals surface area contributed by atoms with Crippen LogP contribution in [0.4, 0.5) is 5.69 Å². The molecule has 0 unspecified atom stereocenters. The summed E-state index contributed by atoms with van der Waals surface area (Å²) in [5.74, 6) is -0.386. The molecule has 0 aliphatic heterocycles. The molecule has 86 valence electrons. The molecule has 0 fully saturated rings. The number of ether oxygens (including phenoxy) is 1. The maximum absolute atomic E-state index is 10.8. The second-order valence-corrected chi connectivity index (χ2v) is 3.75. The van der Waals surface area contributed by atoms with E-state index in [0.717, 1.165) is 5.56 Å². The average Bonchev–Trinajstić information content (AvgIpc) is 2.25. The standard InChI is InChI=1S/C10H10BrNO4/c1-7(13)16-10(6-11)8-2-4-9(5-3-8)12(14)15/h2-5,10H,6H2,1H3/t10-/m0/s1. The maximum Gasteiger partial charge on any atom is 0.303 e. The Labute approximate surface area is 101 Å². The Balaban J connectivity index is 2.86. The van der Waals surface area contributed by atoms with Gasteiger partial charge in [-0.1, -0.05) is 15.9 Å². The van der Waals surface area contributed by atoms with Gasteiger partial charge in [0.15, 0.2) is 0 Å². The lowest BCUT2D eigenvalue weighted by Crippen LogP contribution is -2.09. The van der Waals surface area contributed by atoms with Crippen molar-refractivity contribution < 1.29 is 14.5 Å². The predicted octanol–water partition coefficient (Wildman–Crippen LogP) is 2.59. The van der Waals surface area contributed by atoms with Crippen LogP contribution >= 0.6 is 15.9 Å². The number of hydrogen-bond acceptors (Lipinski definition) is 4. The largest absolute Gasteiger partial charge is 0.457 e. The number of alkyl halides is 1. The molecule has 0 spiro atoms. The lowest BCUT2D eigenvalue weighted by atomic mass is 10.1. The number of non-ortho nitro benzene ring substituents is 1. The molecule has 0 saturated heterocycles. The Morgan fingerprint density at radius 2 is 2.06 bits per heavy atom. The van der Waals surface area contributed by atoms with Gasteiger partial charge >= 0.3 is 5.97 Å². The number of benzene rings is 1. The van der Waals surface area contributed by atoms with Crippen molar-refractivity contribution in [3.63, 3.8) is 0 Å². The minimum atomic E-state index is -0.473. The van der Waals surface area contributed by atoms with Crippen molar-refractivity contribution in [2.75, 3.05) is 5.33 Å². The van der Waals surface area contributed by atoms with Gasteiger partial charge < -0.3 is 4.74 Å². The van der Waals surface area contributed by atoms with E-state index in [1.54, 1.807) is 12.1 Å². The Kier molecular flexibility index (Phi) is 4.42. The van der Waals surface area contributed by atoms with Crippen LogP contribution in [0.25, 0.3) is 0 Å². The summed E-state index contributed by atoms with van der Waals surface area (Å²) in [6.07, 6.45) is -0.418. The highest BCUT2D eigenvalue weighted by atomic mass is 79.9. The quantitative estimate of drug-likeness (QED) is 0.369. The van der Waals surface area contributed by atoms with Crippen LogP contribution in [0.2, 0.25) is 0 Å². The summed E-state index contributed by atoms with van der Waals surface area (Å²) in [5.41, 5.74) is 0.734. The van der Waals surface area contributed by atoms with E-state index in [0.29, 0.717) is 5.33 Å². The molecule has 0 radical (unpaired) electrons. The normalized spacial score (nSPS) is 11.9. The van der Waals surface area contributed by atoms with Crippen LogP contribution in [-0.4, -0.2) is 16.2 Å². The van der Waals surface area contributed by atoms with Gasteiger partial charge in [0.1, 0.15) is 6.10 Å². The molecule has 0 aliphatic rings. The molecule has 0 saturated carbocycles. The molecule has 0 aromatic heterocycles. The van der Waals surface area contributed by atoms with Crippen LogP contribution in [0.1, 0.15) is 18.6 Å². The van der Waals surface area contributed by atoms with Gasteiger partial charge in [-0.25, -0.2) is 0 Å². The van der Waals surface area contributed by atoms with Crippen molar-refractivity contribution in [2.24, 2.45) is 0 Å². The first-order chi connectivity index (χ1) is 7.54. The Hall–Kier alpha value is -1.43. The number of esters is 1. The first-order valence-electron chi connectivity index (χ1n) is 4.52. The highest BCUT2D eigenvalue weighted by Crippen LogP contribution is 2.22. The van der Waals surface area contributed by atoms with Crippen LogP contribution < -0.4 is 0 Å². The second-order valence-electron chi connectivity index (χ2n) is 3.10. The molecule has 1 rings (SSSR count). The molecular weight excluding hydrogens is 278 g/mol. The third kappa shape index (κ3) is 3.30. The van der Waals surface area contributed by atoms with E-state index >= 15 is 0 Å². The van der Waals surface area contributed by atoms with Crippen LogP contribution in [0.15, 0.2) is 24.3 Å². The van der Waals surface area contributed by atoms with Crippen molar-refractivity contribution in [3.8, 4) is 0 Å². The number of halogens is 1. The molecule has 16 heavy (non-hydrogen) atoms. The molecule has 0 heterocycles. The number of hydrogen-bond donors (Lipinski definition) is 0. The van der Waals surface area contributed by atoms with Gasteiger partial charge in [0.2, 0.25) is 0 Å². The van der Waals surface area contributed by atoms with Crippen molar-refractivity contribution in [2.45, 2.75) is 13.0 Å². The van der Waals surface area contributed by atoms with Gasteiger partial charge in [-0.2, -0.15) is 0 Å². The van der Waals surface area contributed by atoms with Crippen LogP contribution in [0.3, 0.4) is 0 Å². The van der Waals surface area contributed by atoms with Crippen molar-refractivity contribution in [3.05, 3.63) is 39.9 Å². The first kappa shape index (κ1) is 12.6. The third-order valence-electron chi connectivity index (χ3n) is 1.92. The topological polar surface area (TPSA) is 69.4 Å². The molecule has 1 aromatic rings. The predicted molar refractivity (Wildman–Crippen MR) is 61.4 cm³/mol. The lowest BCUT2D eigenvalue weighted by Gasteiger charge is -2.14. The molecule has 0 bridgehead atoms. The number of nitrogens with zero attached hydrogens (tertiary/aromatic N) is 1. The summed E-state index contributed by atoms with van der Waals surface area (Å²) in [5, 5.41) is 10.9. The van der Waals surface area contributed by atoms with E-state index < -0.39 is 11.0 Å². The third-order valence-corrected chi connectivity index (χ3v) is 2.51. The lowest BCUT2D eigenvalue weighted by molar-refractivity contribution is -0.384. The molecule has 6 heteroatoms. The molecule has 1 aromatic carbocycles. The van der Waals surface area contributed by atoms with Gasteiger partial charge in [-0.3, -0.25) is 14.9 Å². The summed E-state index contributed by atoms with van der Waals surface area (Å²) in [7, 11) is 0. The van der Waals surface area contributed by atoms with E-state index in [-0.39, 0.29) is 11.7 Å². The van der Waals surface area contributed by atoms with E-state index in [4.69, 9.17) is 4.74 Å². The number of carbonyl (C=O) groups is 1. The van der Waals surface area contributed by atoms with Crippen molar-refractivity contribution in [1.82, 2.24) is 0 Å².